The highest BCUT2D eigenvalue weighted by Crippen LogP contribution is 2.27. The first kappa shape index (κ1) is 17.9. The number of benzene rings is 2. The molecule has 0 saturated heterocycles. The molecule has 26 heavy (non-hydrogen) atoms. The van der Waals surface area contributed by atoms with E-state index in [1.165, 1.54) is 4.68 Å². The predicted octanol–water partition coefficient (Wildman–Crippen LogP) is 3.74. The number of ether oxygens (including phenoxy) is 2. The minimum atomic E-state index is -0.267. The van der Waals surface area contributed by atoms with Crippen molar-refractivity contribution < 1.29 is 9.47 Å². The van der Waals surface area contributed by atoms with Crippen molar-refractivity contribution in [3.05, 3.63) is 63.2 Å². The number of hydrogen-bond donors (Lipinski definition) is 1. The number of aromatic nitrogens is 2. The normalized spacial score (nSPS) is 11.2. The molecule has 0 aliphatic carbocycles. The first-order valence-electron chi connectivity index (χ1n) is 8.23. The summed E-state index contributed by atoms with van der Waals surface area (Å²) in [6.45, 7) is 2.62. The summed E-state index contributed by atoms with van der Waals surface area (Å²) in [7, 11) is 1.59. The van der Waals surface area contributed by atoms with Crippen LogP contribution < -0.4 is 15.0 Å². The van der Waals surface area contributed by atoms with Gasteiger partial charge in [-0.1, -0.05) is 19.1 Å². The molecule has 1 N–H and O–H groups in total. The number of hydrogen-bond acceptors (Lipinski definition) is 5. The van der Waals surface area contributed by atoms with Gasteiger partial charge in [0.1, 0.15) is 0 Å². The van der Waals surface area contributed by atoms with Crippen molar-refractivity contribution >= 4 is 29.3 Å². The van der Waals surface area contributed by atoms with Crippen molar-refractivity contribution in [2.24, 2.45) is 5.10 Å². The molecule has 0 saturated carbocycles. The number of para-hydroxylation sites is 1. The first-order chi connectivity index (χ1) is 12.6. The van der Waals surface area contributed by atoms with E-state index < -0.39 is 0 Å². The fourth-order valence-electron chi connectivity index (χ4n) is 2.48. The fourth-order valence-corrected chi connectivity index (χ4v) is 2.72. The highest BCUT2D eigenvalue weighted by molar-refractivity contribution is 7.71. The van der Waals surface area contributed by atoms with Gasteiger partial charge in [0, 0.05) is 0 Å². The fraction of sp³-hybridized carbons (Fsp3) is 0.211. The molecule has 0 radical (unpaired) electrons. The molecule has 1 aromatic heterocycles. The van der Waals surface area contributed by atoms with Gasteiger partial charge in [-0.15, -0.1) is 0 Å². The molecule has 0 aliphatic rings. The average Bonchev–Trinajstić information content (AvgIpc) is 2.66. The van der Waals surface area contributed by atoms with Crippen LogP contribution >= 0.6 is 12.2 Å². The average molecular weight is 369 g/mol. The molecule has 0 bridgehead atoms. The van der Waals surface area contributed by atoms with Gasteiger partial charge >= 0.3 is 0 Å². The van der Waals surface area contributed by atoms with E-state index in [-0.39, 0.29) is 10.3 Å². The van der Waals surface area contributed by atoms with Crippen LogP contribution in [0.5, 0.6) is 11.5 Å². The van der Waals surface area contributed by atoms with E-state index in [2.05, 4.69) is 10.1 Å². The van der Waals surface area contributed by atoms with Crippen LogP contribution in [0.3, 0.4) is 0 Å². The third-order valence-corrected chi connectivity index (χ3v) is 4.03. The molecule has 0 unspecified atom stereocenters. The van der Waals surface area contributed by atoms with E-state index >= 15 is 0 Å². The zero-order valence-corrected chi connectivity index (χ0v) is 15.4. The number of rotatable bonds is 6. The molecular formula is C19H19N3O3S. The number of fused-ring (bicyclic) bond motifs is 1. The summed E-state index contributed by atoms with van der Waals surface area (Å²) in [4.78, 5) is 15.6. The molecule has 6 nitrogen and oxygen atoms in total. The molecule has 0 amide bonds. The first-order valence-corrected chi connectivity index (χ1v) is 8.64. The summed E-state index contributed by atoms with van der Waals surface area (Å²) < 4.78 is 12.4. The lowest BCUT2D eigenvalue weighted by molar-refractivity contribution is 0.294. The van der Waals surface area contributed by atoms with Gasteiger partial charge in [-0.2, -0.15) is 9.78 Å². The Morgan fingerprint density at radius 1 is 1.23 bits per heavy atom. The molecule has 0 atom stereocenters. The van der Waals surface area contributed by atoms with Crippen LogP contribution in [-0.4, -0.2) is 29.6 Å². The standard InChI is InChI=1S/C19H19N3O3S/c1-3-10-25-17-11-13(8-9-16(17)24-2)12-20-22-18(23)14-6-4-5-7-15(14)21-19(22)26/h4-9,11-12H,3,10H2,1-2H3,(H,21,26)/b20-12-. The van der Waals surface area contributed by atoms with Crippen LogP contribution in [0.1, 0.15) is 18.9 Å². The lowest BCUT2D eigenvalue weighted by Gasteiger charge is -2.10. The van der Waals surface area contributed by atoms with Gasteiger partial charge < -0.3 is 14.5 Å². The van der Waals surface area contributed by atoms with E-state index in [0.717, 1.165) is 12.0 Å². The Morgan fingerprint density at radius 3 is 2.81 bits per heavy atom. The molecule has 3 aromatic rings. The van der Waals surface area contributed by atoms with Crippen molar-refractivity contribution in [1.29, 1.82) is 0 Å². The highest BCUT2D eigenvalue weighted by atomic mass is 32.1. The second-order valence-corrected chi connectivity index (χ2v) is 5.98. The van der Waals surface area contributed by atoms with Crippen LogP contribution in [0.2, 0.25) is 0 Å². The third kappa shape index (κ3) is 3.67. The van der Waals surface area contributed by atoms with Gasteiger partial charge in [-0.25, -0.2) is 0 Å². The molecule has 7 heteroatoms. The quantitative estimate of drug-likeness (QED) is 0.531. The summed E-state index contributed by atoms with van der Waals surface area (Å²) in [5, 5.41) is 4.78. The van der Waals surface area contributed by atoms with E-state index in [4.69, 9.17) is 21.7 Å². The molecule has 134 valence electrons. The van der Waals surface area contributed by atoms with Crippen molar-refractivity contribution in [3.63, 3.8) is 0 Å². The molecule has 0 spiro atoms. The van der Waals surface area contributed by atoms with Crippen LogP contribution in [0.25, 0.3) is 10.9 Å². The molecule has 2 aromatic carbocycles. The Hall–Kier alpha value is -2.93. The summed E-state index contributed by atoms with van der Waals surface area (Å²) in [5.41, 5.74) is 1.19. The number of aromatic amines is 1. The number of methoxy groups -OCH3 is 1. The van der Waals surface area contributed by atoms with E-state index in [1.54, 1.807) is 37.6 Å². The van der Waals surface area contributed by atoms with Crippen molar-refractivity contribution in [3.8, 4) is 11.5 Å². The zero-order chi connectivity index (χ0) is 18.5. The highest BCUT2D eigenvalue weighted by Gasteiger charge is 2.06. The van der Waals surface area contributed by atoms with Gasteiger partial charge in [-0.05, 0) is 54.5 Å². The van der Waals surface area contributed by atoms with Crippen LogP contribution in [-0.2, 0) is 0 Å². The molecule has 0 aliphatic heterocycles. The van der Waals surface area contributed by atoms with Gasteiger partial charge in [0.05, 0.1) is 30.8 Å². The molecule has 0 fully saturated rings. The Kier molecular flexibility index (Phi) is 5.48. The number of H-pyrrole nitrogens is 1. The van der Waals surface area contributed by atoms with Gasteiger partial charge in [-0.3, -0.25) is 4.79 Å². The van der Waals surface area contributed by atoms with Crippen molar-refractivity contribution in [2.45, 2.75) is 13.3 Å². The minimum absolute atomic E-state index is 0.237. The largest absolute Gasteiger partial charge is 0.493 e. The van der Waals surface area contributed by atoms with Crippen LogP contribution in [0.15, 0.2) is 52.4 Å². The summed E-state index contributed by atoms with van der Waals surface area (Å²) in [5.74, 6) is 1.28. The maximum Gasteiger partial charge on any atom is 0.282 e. The Bertz CT molecular complexity index is 1070. The summed E-state index contributed by atoms with van der Waals surface area (Å²) in [6.07, 6.45) is 2.46. The molecule has 3 rings (SSSR count). The van der Waals surface area contributed by atoms with E-state index in [9.17, 15) is 4.79 Å². The monoisotopic (exact) mass is 369 g/mol. The van der Waals surface area contributed by atoms with Crippen LogP contribution in [0.4, 0.5) is 0 Å². The minimum Gasteiger partial charge on any atom is -0.493 e. The third-order valence-electron chi connectivity index (χ3n) is 3.76. The maximum atomic E-state index is 12.6. The number of nitrogens with zero attached hydrogens (tertiary/aromatic N) is 2. The molecular weight excluding hydrogens is 350 g/mol. The second-order valence-electron chi connectivity index (χ2n) is 5.60. The zero-order valence-electron chi connectivity index (χ0n) is 14.6. The maximum absolute atomic E-state index is 12.6. The summed E-state index contributed by atoms with van der Waals surface area (Å²) >= 11 is 5.25. The summed E-state index contributed by atoms with van der Waals surface area (Å²) in [6, 6.07) is 12.6. The lowest BCUT2D eigenvalue weighted by Crippen LogP contribution is -2.18. The molecule has 1 heterocycles. The Balaban J connectivity index is 1.99. The Labute approximate surface area is 155 Å². The lowest BCUT2D eigenvalue weighted by atomic mass is 10.2. The van der Waals surface area contributed by atoms with Crippen molar-refractivity contribution in [2.75, 3.05) is 13.7 Å². The predicted molar refractivity (Wildman–Crippen MR) is 105 cm³/mol. The van der Waals surface area contributed by atoms with Gasteiger partial charge in [0.15, 0.2) is 11.5 Å². The Morgan fingerprint density at radius 2 is 2.04 bits per heavy atom. The number of nitrogens with one attached hydrogen (secondary N) is 1. The SMILES string of the molecule is CCCOc1cc(/C=N\n2c(=S)[nH]c3ccccc3c2=O)ccc1OC. The van der Waals surface area contributed by atoms with E-state index in [0.29, 0.717) is 29.0 Å². The topological polar surface area (TPSA) is 68.6 Å². The van der Waals surface area contributed by atoms with Gasteiger partial charge in [0.25, 0.3) is 5.56 Å². The van der Waals surface area contributed by atoms with E-state index in [1.807, 2.05) is 25.1 Å². The van der Waals surface area contributed by atoms with Crippen molar-refractivity contribution in [1.82, 2.24) is 9.66 Å². The second kappa shape index (κ2) is 7.97. The van der Waals surface area contributed by atoms with Gasteiger partial charge in [0.2, 0.25) is 4.77 Å². The smallest absolute Gasteiger partial charge is 0.282 e. The van der Waals surface area contributed by atoms with Crippen LogP contribution in [0, 0.1) is 4.77 Å².